The molecular weight excluding hydrogens is 394 g/mol. The number of carbonyl (C=O) groups excluding carboxylic acids is 3. The van der Waals surface area contributed by atoms with Gasteiger partial charge in [0.15, 0.2) is 0 Å². The molecule has 2 aromatic rings. The van der Waals surface area contributed by atoms with Crippen LogP contribution in [-0.2, 0) is 19.2 Å². The van der Waals surface area contributed by atoms with E-state index in [0.717, 1.165) is 25.5 Å². The molecule has 2 aromatic carbocycles. The zero-order valence-electron chi connectivity index (χ0n) is 16.0. The Morgan fingerprint density at radius 3 is 2.41 bits per heavy atom. The Kier molecular flexibility index (Phi) is 5.82. The molecule has 0 radical (unpaired) electrons. The maximum absolute atomic E-state index is 12.6. The number of imide groups is 1. The van der Waals surface area contributed by atoms with Gasteiger partial charge in [-0.2, -0.15) is 8.42 Å². The van der Waals surface area contributed by atoms with E-state index >= 15 is 0 Å². The number of Topliss-reactive ketones (excluding diaryl/α,β-unsaturated/α-hetero) is 1. The van der Waals surface area contributed by atoms with Crippen LogP contribution in [0.2, 0.25) is 0 Å². The van der Waals surface area contributed by atoms with E-state index in [1.54, 1.807) is 18.2 Å². The summed E-state index contributed by atoms with van der Waals surface area (Å²) in [5.41, 5.74) is 0.755. The highest BCUT2D eigenvalue weighted by atomic mass is 32.2. The quantitative estimate of drug-likeness (QED) is 0.410. The van der Waals surface area contributed by atoms with Crippen LogP contribution in [0.25, 0.3) is 10.8 Å². The van der Waals surface area contributed by atoms with Gasteiger partial charge in [0.05, 0.1) is 17.4 Å². The molecular formula is C21H19NO6S. The number of unbranched alkanes of at least 4 members (excludes halogenated alkanes) is 2. The number of amides is 2. The third-order valence-electron chi connectivity index (χ3n) is 4.42. The molecule has 0 atom stereocenters. The van der Waals surface area contributed by atoms with Gasteiger partial charge in [0.25, 0.3) is 21.9 Å². The fourth-order valence-electron chi connectivity index (χ4n) is 3.12. The van der Waals surface area contributed by atoms with Crippen LogP contribution in [0.3, 0.4) is 0 Å². The molecule has 0 saturated heterocycles. The van der Waals surface area contributed by atoms with Gasteiger partial charge in [-0.25, -0.2) is 0 Å². The van der Waals surface area contributed by atoms with Gasteiger partial charge < -0.3 is 0 Å². The van der Waals surface area contributed by atoms with E-state index < -0.39 is 21.9 Å². The number of ketones is 1. The van der Waals surface area contributed by atoms with Crippen LogP contribution in [0.4, 0.5) is 0 Å². The lowest BCUT2D eigenvalue weighted by atomic mass is 9.92. The standard InChI is InChI=1S/C21H19NO6S/c1-3-4-5-7-15(23)12-10-14-11-13-18-19-16(14)8-6-9-17(19)20(24)22(21(18)25)28-29(2,26)27/h6,8-9,11,13H,3-5,7H2,1-2H3. The molecule has 0 spiro atoms. The van der Waals surface area contributed by atoms with Crippen molar-refractivity contribution in [1.82, 2.24) is 5.06 Å². The summed E-state index contributed by atoms with van der Waals surface area (Å²) >= 11 is 0. The first kappa shape index (κ1) is 20.7. The predicted octanol–water partition coefficient (Wildman–Crippen LogP) is 2.83. The van der Waals surface area contributed by atoms with E-state index in [4.69, 9.17) is 0 Å². The molecule has 0 fully saturated rings. The van der Waals surface area contributed by atoms with Gasteiger partial charge in [-0.3, -0.25) is 14.4 Å². The van der Waals surface area contributed by atoms with E-state index in [2.05, 4.69) is 23.0 Å². The van der Waals surface area contributed by atoms with Crippen LogP contribution in [0, 0.1) is 11.8 Å². The first-order valence-corrected chi connectivity index (χ1v) is 10.9. The largest absolute Gasteiger partial charge is 0.286 e. The minimum Gasteiger partial charge on any atom is -0.285 e. The third kappa shape index (κ3) is 4.36. The van der Waals surface area contributed by atoms with Gasteiger partial charge in [-0.15, -0.1) is 9.35 Å². The van der Waals surface area contributed by atoms with E-state index in [9.17, 15) is 22.8 Å². The van der Waals surface area contributed by atoms with Crippen molar-refractivity contribution in [2.24, 2.45) is 0 Å². The molecule has 0 bridgehead atoms. The Morgan fingerprint density at radius 1 is 1.07 bits per heavy atom. The minimum absolute atomic E-state index is 0.124. The molecule has 1 aliphatic rings. The van der Waals surface area contributed by atoms with Crippen molar-refractivity contribution < 1.29 is 27.1 Å². The van der Waals surface area contributed by atoms with Crippen LogP contribution in [-0.4, -0.2) is 37.3 Å². The molecule has 1 aliphatic heterocycles. The summed E-state index contributed by atoms with van der Waals surface area (Å²) < 4.78 is 27.4. The Hall–Kier alpha value is -3.02. The fraction of sp³-hybridized carbons (Fsp3) is 0.286. The molecule has 2 amide bonds. The summed E-state index contributed by atoms with van der Waals surface area (Å²) in [6.45, 7) is 2.05. The van der Waals surface area contributed by atoms with Crippen LogP contribution in [0.15, 0.2) is 30.3 Å². The molecule has 0 aromatic heterocycles. The Labute approximate surface area is 168 Å². The average Bonchev–Trinajstić information content (AvgIpc) is 2.67. The van der Waals surface area contributed by atoms with Crippen LogP contribution in [0.1, 0.15) is 58.9 Å². The number of carbonyl (C=O) groups is 3. The zero-order chi connectivity index (χ0) is 21.2. The smallest absolute Gasteiger partial charge is 0.285 e. The number of rotatable bonds is 6. The molecule has 7 nitrogen and oxygen atoms in total. The second kappa shape index (κ2) is 8.15. The number of hydrogen-bond acceptors (Lipinski definition) is 6. The lowest BCUT2D eigenvalue weighted by Gasteiger charge is -2.25. The Balaban J connectivity index is 2.03. The lowest BCUT2D eigenvalue weighted by molar-refractivity contribution is -0.113. The monoisotopic (exact) mass is 413 g/mol. The maximum atomic E-state index is 12.6. The van der Waals surface area contributed by atoms with Crippen molar-refractivity contribution in [1.29, 1.82) is 0 Å². The van der Waals surface area contributed by atoms with Crippen LogP contribution >= 0.6 is 0 Å². The van der Waals surface area contributed by atoms with Gasteiger partial charge in [0, 0.05) is 17.4 Å². The minimum atomic E-state index is -4.07. The average molecular weight is 413 g/mol. The van der Waals surface area contributed by atoms with Gasteiger partial charge in [-0.1, -0.05) is 37.8 Å². The third-order valence-corrected chi connectivity index (χ3v) is 4.84. The van der Waals surface area contributed by atoms with E-state index in [1.807, 2.05) is 0 Å². The molecule has 0 unspecified atom stereocenters. The van der Waals surface area contributed by atoms with Crippen molar-refractivity contribution in [2.45, 2.75) is 32.6 Å². The number of hydroxylamine groups is 2. The second-order valence-corrected chi connectivity index (χ2v) is 8.26. The maximum Gasteiger partial charge on any atom is 0.286 e. The summed E-state index contributed by atoms with van der Waals surface area (Å²) in [7, 11) is -4.07. The fourth-order valence-corrected chi connectivity index (χ4v) is 3.53. The predicted molar refractivity (Wildman–Crippen MR) is 106 cm³/mol. The summed E-state index contributed by atoms with van der Waals surface area (Å²) in [5, 5.41) is 1.14. The van der Waals surface area contributed by atoms with Gasteiger partial charge in [0.1, 0.15) is 0 Å². The normalized spacial score (nSPS) is 13.4. The highest BCUT2D eigenvalue weighted by molar-refractivity contribution is 7.85. The summed E-state index contributed by atoms with van der Waals surface area (Å²) in [6, 6.07) is 7.79. The first-order chi connectivity index (χ1) is 13.7. The summed E-state index contributed by atoms with van der Waals surface area (Å²) in [5.74, 6) is 3.53. The molecule has 0 aliphatic carbocycles. The molecule has 29 heavy (non-hydrogen) atoms. The molecule has 0 N–H and O–H groups in total. The van der Waals surface area contributed by atoms with Crippen molar-refractivity contribution in [3.63, 3.8) is 0 Å². The van der Waals surface area contributed by atoms with Crippen LogP contribution in [0.5, 0.6) is 0 Å². The van der Waals surface area contributed by atoms with Crippen molar-refractivity contribution in [2.75, 3.05) is 6.26 Å². The molecule has 1 heterocycles. The number of benzene rings is 2. The Morgan fingerprint density at radius 2 is 1.76 bits per heavy atom. The van der Waals surface area contributed by atoms with E-state index in [-0.39, 0.29) is 22.0 Å². The lowest BCUT2D eigenvalue weighted by Crippen LogP contribution is -2.41. The Bertz CT molecular complexity index is 1160. The van der Waals surface area contributed by atoms with Crippen molar-refractivity contribution >= 4 is 38.5 Å². The van der Waals surface area contributed by atoms with E-state index in [1.165, 1.54) is 12.1 Å². The van der Waals surface area contributed by atoms with Gasteiger partial charge >= 0.3 is 0 Å². The van der Waals surface area contributed by atoms with Crippen molar-refractivity contribution in [3.8, 4) is 11.8 Å². The SMILES string of the molecule is CCCCCC(=O)C#Cc1ccc2c3c(cccc13)C(=O)N(OS(C)(=O)=O)C2=O. The van der Waals surface area contributed by atoms with Crippen LogP contribution < -0.4 is 0 Å². The summed E-state index contributed by atoms with van der Waals surface area (Å²) in [4.78, 5) is 37.2. The second-order valence-electron chi connectivity index (χ2n) is 6.70. The number of hydrogen-bond donors (Lipinski definition) is 0. The van der Waals surface area contributed by atoms with Gasteiger partial charge in [-0.05, 0) is 35.9 Å². The molecule has 150 valence electrons. The topological polar surface area (TPSA) is 97.8 Å². The highest BCUT2D eigenvalue weighted by Gasteiger charge is 2.36. The van der Waals surface area contributed by atoms with Crippen molar-refractivity contribution in [3.05, 3.63) is 47.0 Å². The number of nitrogens with zero attached hydrogens (tertiary/aromatic N) is 1. The molecule has 3 rings (SSSR count). The first-order valence-electron chi connectivity index (χ1n) is 9.12. The highest BCUT2D eigenvalue weighted by Crippen LogP contribution is 2.32. The zero-order valence-corrected chi connectivity index (χ0v) is 16.8. The molecule has 0 saturated carbocycles. The van der Waals surface area contributed by atoms with E-state index in [0.29, 0.717) is 22.8 Å². The molecule has 8 heteroatoms. The van der Waals surface area contributed by atoms with Gasteiger partial charge in [0.2, 0.25) is 5.78 Å². The summed E-state index contributed by atoms with van der Waals surface area (Å²) in [6.07, 6.45) is 3.89.